The maximum atomic E-state index is 2.52. The summed E-state index contributed by atoms with van der Waals surface area (Å²) in [6.45, 7) is 12.5. The van der Waals surface area contributed by atoms with Crippen molar-refractivity contribution in [2.24, 2.45) is 22.7 Å². The van der Waals surface area contributed by atoms with Gasteiger partial charge in [-0.15, -0.1) is 0 Å². The van der Waals surface area contributed by atoms with Gasteiger partial charge in [0, 0.05) is 5.25 Å². The van der Waals surface area contributed by atoms with E-state index in [9.17, 15) is 0 Å². The molecule has 0 amide bonds. The molecule has 0 radical (unpaired) electrons. The van der Waals surface area contributed by atoms with E-state index < -0.39 is 0 Å². The van der Waals surface area contributed by atoms with E-state index in [1.54, 1.807) is 0 Å². The van der Waals surface area contributed by atoms with Gasteiger partial charge in [-0.1, -0.05) is 47.5 Å². The third-order valence-corrected chi connectivity index (χ3v) is 7.50. The standard InChI is InChI=1S/C15H28S/c1-11-15(4,5)13-9-7-6-8-12(13)14(2,3)10-16-11/h11-13H,6-10H2,1-5H3. The maximum absolute atomic E-state index is 2.52. The molecule has 0 spiro atoms. The minimum atomic E-state index is 0.531. The zero-order valence-electron chi connectivity index (χ0n) is 11.7. The number of hydrogen-bond donors (Lipinski definition) is 0. The van der Waals surface area contributed by atoms with Crippen molar-refractivity contribution in [3.63, 3.8) is 0 Å². The van der Waals surface area contributed by atoms with Crippen molar-refractivity contribution >= 4 is 11.8 Å². The average molecular weight is 240 g/mol. The molecular weight excluding hydrogens is 212 g/mol. The lowest BCUT2D eigenvalue weighted by molar-refractivity contribution is 0.0337. The number of hydrogen-bond acceptors (Lipinski definition) is 1. The Hall–Kier alpha value is 0.350. The van der Waals surface area contributed by atoms with Gasteiger partial charge in [-0.2, -0.15) is 11.8 Å². The molecule has 3 atom stereocenters. The Morgan fingerprint density at radius 2 is 1.50 bits per heavy atom. The summed E-state index contributed by atoms with van der Waals surface area (Å²) >= 11 is 2.22. The molecule has 1 saturated heterocycles. The first-order valence-electron chi connectivity index (χ1n) is 6.97. The van der Waals surface area contributed by atoms with Crippen molar-refractivity contribution in [1.82, 2.24) is 0 Å². The van der Waals surface area contributed by atoms with Crippen LogP contribution < -0.4 is 0 Å². The van der Waals surface area contributed by atoms with Crippen LogP contribution in [0.15, 0.2) is 0 Å². The lowest BCUT2D eigenvalue weighted by atomic mass is 9.58. The Kier molecular flexibility index (Phi) is 3.38. The van der Waals surface area contributed by atoms with E-state index in [1.807, 2.05) is 0 Å². The van der Waals surface area contributed by atoms with Crippen LogP contribution in [-0.2, 0) is 0 Å². The van der Waals surface area contributed by atoms with E-state index in [2.05, 4.69) is 46.4 Å². The molecule has 1 heteroatoms. The lowest BCUT2D eigenvalue weighted by Gasteiger charge is -2.47. The molecular formula is C15H28S. The minimum Gasteiger partial charge on any atom is -0.158 e. The largest absolute Gasteiger partial charge is 0.158 e. The fourth-order valence-corrected chi connectivity index (χ4v) is 5.42. The fraction of sp³-hybridized carbons (Fsp3) is 1.00. The summed E-state index contributed by atoms with van der Waals surface area (Å²) in [5, 5.41) is 0.819. The summed E-state index contributed by atoms with van der Waals surface area (Å²) in [7, 11) is 0. The summed E-state index contributed by atoms with van der Waals surface area (Å²) < 4.78 is 0. The molecule has 0 aromatic heterocycles. The van der Waals surface area contributed by atoms with Crippen LogP contribution in [0.1, 0.15) is 60.3 Å². The molecule has 0 nitrogen and oxygen atoms in total. The second-order valence-corrected chi connectivity index (χ2v) is 8.59. The van der Waals surface area contributed by atoms with Crippen molar-refractivity contribution in [3.05, 3.63) is 0 Å². The highest BCUT2D eigenvalue weighted by Gasteiger charge is 2.48. The molecule has 0 N–H and O–H groups in total. The molecule has 0 bridgehead atoms. The molecule has 1 heterocycles. The van der Waals surface area contributed by atoms with Crippen molar-refractivity contribution < 1.29 is 0 Å². The zero-order chi connectivity index (χ0) is 12.0. The Labute approximate surface area is 106 Å². The third-order valence-electron chi connectivity index (χ3n) is 5.48. The van der Waals surface area contributed by atoms with E-state index >= 15 is 0 Å². The van der Waals surface area contributed by atoms with Crippen LogP contribution in [0.4, 0.5) is 0 Å². The number of rotatable bonds is 0. The third kappa shape index (κ3) is 2.05. The van der Waals surface area contributed by atoms with E-state index in [4.69, 9.17) is 0 Å². The zero-order valence-corrected chi connectivity index (χ0v) is 12.5. The average Bonchev–Trinajstić information content (AvgIpc) is 2.31. The predicted octanol–water partition coefficient (Wildman–Crippen LogP) is 4.98. The van der Waals surface area contributed by atoms with E-state index in [-0.39, 0.29) is 0 Å². The van der Waals surface area contributed by atoms with Crippen LogP contribution in [0.2, 0.25) is 0 Å². The normalized spacial score (nSPS) is 42.2. The summed E-state index contributed by atoms with van der Waals surface area (Å²) in [5.41, 5.74) is 1.08. The van der Waals surface area contributed by atoms with Gasteiger partial charge in [-0.05, 0) is 41.3 Å². The predicted molar refractivity (Wildman–Crippen MR) is 74.9 cm³/mol. The minimum absolute atomic E-state index is 0.531. The smallest absolute Gasteiger partial charge is 0.00728 e. The second-order valence-electron chi connectivity index (χ2n) is 7.26. The van der Waals surface area contributed by atoms with Crippen molar-refractivity contribution in [2.75, 3.05) is 5.75 Å². The molecule has 1 aliphatic carbocycles. The van der Waals surface area contributed by atoms with Crippen LogP contribution in [-0.4, -0.2) is 11.0 Å². The Morgan fingerprint density at radius 1 is 0.938 bits per heavy atom. The van der Waals surface area contributed by atoms with Gasteiger partial charge in [-0.3, -0.25) is 0 Å². The van der Waals surface area contributed by atoms with Crippen molar-refractivity contribution in [3.8, 4) is 0 Å². The summed E-state index contributed by atoms with van der Waals surface area (Å²) in [6.07, 6.45) is 5.90. The topological polar surface area (TPSA) is 0 Å². The monoisotopic (exact) mass is 240 g/mol. The first kappa shape index (κ1) is 12.8. The maximum Gasteiger partial charge on any atom is 0.00728 e. The number of fused-ring (bicyclic) bond motifs is 1. The van der Waals surface area contributed by atoms with Gasteiger partial charge in [0.15, 0.2) is 0 Å². The first-order valence-corrected chi connectivity index (χ1v) is 8.02. The summed E-state index contributed by atoms with van der Waals surface area (Å²) in [5.74, 6) is 3.29. The number of thioether (sulfide) groups is 1. The van der Waals surface area contributed by atoms with E-state index in [0.29, 0.717) is 10.8 Å². The lowest BCUT2D eigenvalue weighted by Crippen LogP contribution is -2.41. The summed E-state index contributed by atoms with van der Waals surface area (Å²) in [6, 6.07) is 0. The highest BCUT2D eigenvalue weighted by molar-refractivity contribution is 7.99. The Bertz CT molecular complexity index is 254. The molecule has 2 fully saturated rings. The van der Waals surface area contributed by atoms with Gasteiger partial charge in [0.1, 0.15) is 0 Å². The molecule has 1 saturated carbocycles. The van der Waals surface area contributed by atoms with Crippen molar-refractivity contribution in [2.45, 2.75) is 65.6 Å². The fourth-order valence-electron chi connectivity index (χ4n) is 3.92. The van der Waals surface area contributed by atoms with Gasteiger partial charge < -0.3 is 0 Å². The van der Waals surface area contributed by atoms with Crippen LogP contribution >= 0.6 is 11.8 Å². The van der Waals surface area contributed by atoms with Crippen molar-refractivity contribution in [1.29, 1.82) is 0 Å². The molecule has 0 aromatic carbocycles. The molecule has 2 aliphatic rings. The van der Waals surface area contributed by atoms with Gasteiger partial charge >= 0.3 is 0 Å². The first-order chi connectivity index (χ1) is 7.36. The Morgan fingerprint density at radius 3 is 2.12 bits per heavy atom. The highest BCUT2D eigenvalue weighted by atomic mass is 32.2. The molecule has 0 aromatic rings. The van der Waals surface area contributed by atoms with E-state index in [1.165, 1.54) is 31.4 Å². The molecule has 94 valence electrons. The van der Waals surface area contributed by atoms with Gasteiger partial charge in [0.25, 0.3) is 0 Å². The Balaban J connectivity index is 2.32. The van der Waals surface area contributed by atoms with Crippen LogP contribution in [0.3, 0.4) is 0 Å². The van der Waals surface area contributed by atoms with Gasteiger partial charge in [-0.25, -0.2) is 0 Å². The van der Waals surface area contributed by atoms with E-state index in [0.717, 1.165) is 17.1 Å². The van der Waals surface area contributed by atoms with Crippen LogP contribution in [0, 0.1) is 22.7 Å². The van der Waals surface area contributed by atoms with Crippen LogP contribution in [0.5, 0.6) is 0 Å². The molecule has 3 unspecified atom stereocenters. The van der Waals surface area contributed by atoms with Gasteiger partial charge in [0.05, 0.1) is 0 Å². The molecule has 1 aliphatic heterocycles. The SMILES string of the molecule is CC1SCC(C)(C)C2CCCCC2C1(C)C. The van der Waals surface area contributed by atoms with Gasteiger partial charge in [0.2, 0.25) is 0 Å². The highest BCUT2D eigenvalue weighted by Crippen LogP contribution is 2.56. The second kappa shape index (κ2) is 4.23. The quantitative estimate of drug-likeness (QED) is 0.575. The molecule has 16 heavy (non-hydrogen) atoms. The van der Waals surface area contributed by atoms with Crippen LogP contribution in [0.25, 0.3) is 0 Å². The summed E-state index contributed by atoms with van der Waals surface area (Å²) in [4.78, 5) is 0. The molecule has 2 rings (SSSR count).